The molecule has 1 aromatic heterocycles. The lowest BCUT2D eigenvalue weighted by molar-refractivity contribution is -0.266. The van der Waals surface area contributed by atoms with E-state index in [1.807, 2.05) is 0 Å². The molecule has 1 N–H and O–H groups in total. The first kappa shape index (κ1) is 32.0. The fraction of sp³-hybridized carbons (Fsp3) is 0.226. The van der Waals surface area contributed by atoms with Crippen molar-refractivity contribution in [2.45, 2.75) is 36.8 Å². The molecular weight excluding hydrogens is 601 g/mol. The first-order valence-electron chi connectivity index (χ1n) is 12.7. The number of amides is 1. The standard InChI is InChI=1S/C31H24ClF7N2O2/c1-19-7-6-8-20(13-19)17-28(26-12-11-24(32)18-40-26,22-14-23(30(34,35)36)16-25(33)15-22)41-27(42)29(43-2,31(37,38)39)21-9-4-3-5-10-21/h3-16,18H,17H2,1-2H3,(H,41,42)/t28-,29-/m0/s1. The fourth-order valence-corrected chi connectivity index (χ4v) is 5.09. The lowest BCUT2D eigenvalue weighted by atomic mass is 9.78. The van der Waals surface area contributed by atoms with Crippen LogP contribution in [0, 0.1) is 12.7 Å². The number of carbonyl (C=O) groups excluding carboxylic acids is 1. The number of benzene rings is 3. The molecule has 0 aliphatic rings. The molecule has 1 heterocycles. The van der Waals surface area contributed by atoms with Crippen LogP contribution >= 0.6 is 11.6 Å². The zero-order valence-corrected chi connectivity index (χ0v) is 23.4. The number of hydrogen-bond acceptors (Lipinski definition) is 3. The number of nitrogens with zero attached hydrogens (tertiary/aromatic N) is 1. The topological polar surface area (TPSA) is 51.2 Å². The molecule has 12 heteroatoms. The van der Waals surface area contributed by atoms with Gasteiger partial charge >= 0.3 is 12.4 Å². The van der Waals surface area contributed by atoms with Crippen LogP contribution in [-0.2, 0) is 33.3 Å². The van der Waals surface area contributed by atoms with Crippen LogP contribution in [-0.4, -0.2) is 24.2 Å². The van der Waals surface area contributed by atoms with E-state index in [9.17, 15) is 35.5 Å². The number of ether oxygens (including phenoxy) is 1. The lowest BCUT2D eigenvalue weighted by Crippen LogP contribution is -2.61. The number of hydrogen-bond donors (Lipinski definition) is 1. The predicted molar refractivity (Wildman–Crippen MR) is 146 cm³/mol. The molecule has 4 rings (SSSR count). The van der Waals surface area contributed by atoms with Crippen LogP contribution in [0.1, 0.15) is 33.5 Å². The van der Waals surface area contributed by atoms with Crippen LogP contribution in [0.15, 0.2) is 91.1 Å². The summed E-state index contributed by atoms with van der Waals surface area (Å²) in [5.41, 5.74) is -7.52. The normalized spacial score (nSPS) is 14.9. The van der Waals surface area contributed by atoms with Crippen molar-refractivity contribution in [2.75, 3.05) is 7.11 Å². The van der Waals surface area contributed by atoms with Gasteiger partial charge in [-0.3, -0.25) is 9.78 Å². The van der Waals surface area contributed by atoms with Gasteiger partial charge in [0.25, 0.3) is 11.5 Å². The van der Waals surface area contributed by atoms with Crippen molar-refractivity contribution in [3.05, 3.63) is 135 Å². The highest BCUT2D eigenvalue weighted by Crippen LogP contribution is 2.45. The third-order valence-electron chi connectivity index (χ3n) is 6.97. The molecule has 226 valence electrons. The number of nitrogens with one attached hydrogen (secondary N) is 1. The minimum atomic E-state index is -5.35. The van der Waals surface area contributed by atoms with E-state index < -0.39 is 58.3 Å². The number of halogens is 8. The van der Waals surface area contributed by atoms with E-state index in [0.717, 1.165) is 18.3 Å². The highest BCUT2D eigenvalue weighted by molar-refractivity contribution is 6.30. The average Bonchev–Trinajstić information content (AvgIpc) is 2.93. The molecule has 0 aliphatic carbocycles. The maximum absolute atomic E-state index is 14.9. The largest absolute Gasteiger partial charge is 0.430 e. The molecule has 4 aromatic rings. The van der Waals surface area contributed by atoms with Crippen molar-refractivity contribution in [1.29, 1.82) is 0 Å². The van der Waals surface area contributed by atoms with Crippen LogP contribution in [0.5, 0.6) is 0 Å². The molecule has 2 atom stereocenters. The van der Waals surface area contributed by atoms with Crippen molar-refractivity contribution in [3.8, 4) is 0 Å². The number of alkyl halides is 6. The Kier molecular flexibility index (Phi) is 8.90. The number of carbonyl (C=O) groups is 1. The Morgan fingerprint density at radius 1 is 0.860 bits per heavy atom. The minimum Gasteiger partial charge on any atom is -0.356 e. The maximum atomic E-state index is 14.9. The second kappa shape index (κ2) is 12.0. The summed E-state index contributed by atoms with van der Waals surface area (Å²) >= 11 is 6.01. The summed E-state index contributed by atoms with van der Waals surface area (Å²) in [4.78, 5) is 18.3. The Balaban J connectivity index is 2.07. The van der Waals surface area contributed by atoms with Gasteiger partial charge in [0.2, 0.25) is 0 Å². The van der Waals surface area contributed by atoms with Crippen LogP contribution in [0.25, 0.3) is 0 Å². The Labute approximate surface area is 247 Å². The number of aromatic nitrogens is 1. The SMILES string of the molecule is CO[C@](C(=O)N[C@@](Cc1cccc(C)c1)(c1cc(F)cc(C(F)(F)F)c1)c1ccc(Cl)cn1)(c1ccccc1)C(F)(F)F. The van der Waals surface area contributed by atoms with Gasteiger partial charge in [0.15, 0.2) is 0 Å². The Morgan fingerprint density at radius 2 is 1.53 bits per heavy atom. The smallest absolute Gasteiger partial charge is 0.356 e. The van der Waals surface area contributed by atoms with Gasteiger partial charge in [0, 0.05) is 25.3 Å². The molecule has 0 aliphatic heterocycles. The predicted octanol–water partition coefficient (Wildman–Crippen LogP) is 7.91. The molecule has 0 radical (unpaired) electrons. The summed E-state index contributed by atoms with van der Waals surface area (Å²) in [5, 5.41) is 2.43. The van der Waals surface area contributed by atoms with Crippen LogP contribution in [0.3, 0.4) is 0 Å². The van der Waals surface area contributed by atoms with Crippen molar-refractivity contribution in [3.63, 3.8) is 0 Å². The van der Waals surface area contributed by atoms with Crippen molar-refractivity contribution >= 4 is 17.5 Å². The molecule has 3 aromatic carbocycles. The molecule has 0 bridgehead atoms. The van der Waals surface area contributed by atoms with E-state index in [2.05, 4.69) is 10.3 Å². The van der Waals surface area contributed by atoms with Gasteiger partial charge in [-0.2, -0.15) is 26.3 Å². The van der Waals surface area contributed by atoms with E-state index >= 15 is 0 Å². The molecule has 43 heavy (non-hydrogen) atoms. The fourth-order valence-electron chi connectivity index (χ4n) is 4.98. The molecule has 0 unspecified atom stereocenters. The quantitative estimate of drug-likeness (QED) is 0.203. The van der Waals surface area contributed by atoms with Gasteiger partial charge in [-0.05, 0) is 48.4 Å². The second-order valence-corrected chi connectivity index (χ2v) is 10.3. The monoisotopic (exact) mass is 624 g/mol. The molecule has 4 nitrogen and oxygen atoms in total. The van der Waals surface area contributed by atoms with E-state index in [4.69, 9.17) is 16.3 Å². The number of aryl methyl sites for hydroxylation is 1. The van der Waals surface area contributed by atoms with Crippen LogP contribution in [0.2, 0.25) is 5.02 Å². The van der Waals surface area contributed by atoms with Crippen molar-refractivity contribution < 1.29 is 40.3 Å². The highest BCUT2D eigenvalue weighted by Gasteiger charge is 2.64. The van der Waals surface area contributed by atoms with Crippen molar-refractivity contribution in [1.82, 2.24) is 10.3 Å². The number of rotatable bonds is 8. The van der Waals surface area contributed by atoms with Crippen LogP contribution < -0.4 is 5.32 Å². The van der Waals surface area contributed by atoms with Gasteiger partial charge in [0.1, 0.15) is 11.4 Å². The summed E-state index contributed by atoms with van der Waals surface area (Å²) in [7, 11) is 0.687. The van der Waals surface area contributed by atoms with Gasteiger partial charge in [0.05, 0.1) is 16.3 Å². The molecule has 1 amide bonds. The third-order valence-corrected chi connectivity index (χ3v) is 7.19. The highest BCUT2D eigenvalue weighted by atomic mass is 35.5. The first-order valence-corrected chi connectivity index (χ1v) is 13.1. The van der Waals surface area contributed by atoms with Crippen LogP contribution in [0.4, 0.5) is 30.7 Å². The van der Waals surface area contributed by atoms with E-state index in [0.29, 0.717) is 30.4 Å². The molecular formula is C31H24ClF7N2O2. The molecule has 0 fully saturated rings. The van der Waals surface area contributed by atoms with Gasteiger partial charge in [-0.1, -0.05) is 71.8 Å². The summed E-state index contributed by atoms with van der Waals surface area (Å²) in [6.07, 6.45) is -9.70. The van der Waals surface area contributed by atoms with Gasteiger partial charge in [-0.15, -0.1) is 0 Å². The zero-order valence-electron chi connectivity index (χ0n) is 22.7. The number of methoxy groups -OCH3 is 1. The Hall–Kier alpha value is -3.96. The summed E-state index contributed by atoms with van der Waals surface area (Å²) in [6, 6.07) is 16.7. The third kappa shape index (κ3) is 6.37. The molecule has 0 saturated heterocycles. The van der Waals surface area contributed by atoms with Gasteiger partial charge < -0.3 is 10.1 Å². The lowest BCUT2D eigenvalue weighted by Gasteiger charge is -2.40. The molecule has 0 saturated carbocycles. The Morgan fingerprint density at radius 3 is 2.09 bits per heavy atom. The first-order chi connectivity index (χ1) is 20.1. The zero-order chi connectivity index (χ0) is 31.6. The second-order valence-electron chi connectivity index (χ2n) is 9.86. The summed E-state index contributed by atoms with van der Waals surface area (Å²) < 4.78 is 106. The van der Waals surface area contributed by atoms with E-state index in [-0.39, 0.29) is 16.8 Å². The Bertz CT molecular complexity index is 1590. The summed E-state index contributed by atoms with van der Waals surface area (Å²) in [6.45, 7) is 1.73. The molecule has 0 spiro atoms. The maximum Gasteiger partial charge on any atom is 0.430 e. The number of pyridine rings is 1. The van der Waals surface area contributed by atoms with E-state index in [1.165, 1.54) is 30.3 Å². The average molecular weight is 625 g/mol. The van der Waals surface area contributed by atoms with Crippen molar-refractivity contribution in [2.24, 2.45) is 0 Å². The van der Waals surface area contributed by atoms with E-state index in [1.54, 1.807) is 31.2 Å². The van der Waals surface area contributed by atoms with Gasteiger partial charge in [-0.25, -0.2) is 4.39 Å². The minimum absolute atomic E-state index is 0.0978. The summed E-state index contributed by atoms with van der Waals surface area (Å²) in [5.74, 6) is -3.10.